The molecule has 1 saturated heterocycles. The maximum absolute atomic E-state index is 12.1. The molecule has 2 rings (SSSR count). The number of aryl methyl sites for hydroxylation is 1. The topological polar surface area (TPSA) is 64.2 Å². The molecule has 1 amide bonds. The van der Waals surface area contributed by atoms with E-state index < -0.39 is 5.54 Å². The SMILES string of the molecule is CCn1cc(C2CCN(C(=O)C(C)(C)N)CC2)cn1.Cl.Cl. The number of likely N-dealkylation sites (tertiary alicyclic amines) is 1. The van der Waals surface area contributed by atoms with Crippen molar-refractivity contribution in [3.63, 3.8) is 0 Å². The first-order valence-corrected chi connectivity index (χ1v) is 7.02. The Morgan fingerprint density at radius 3 is 2.38 bits per heavy atom. The Hall–Kier alpha value is -0.780. The van der Waals surface area contributed by atoms with Gasteiger partial charge in [-0.3, -0.25) is 9.48 Å². The second-order valence-electron chi connectivity index (χ2n) is 5.92. The van der Waals surface area contributed by atoms with Crippen molar-refractivity contribution in [1.82, 2.24) is 14.7 Å². The number of rotatable bonds is 3. The average molecular weight is 337 g/mol. The number of nitrogens with zero attached hydrogens (tertiary/aromatic N) is 3. The van der Waals surface area contributed by atoms with E-state index in [1.807, 2.05) is 15.8 Å². The van der Waals surface area contributed by atoms with Gasteiger partial charge in [-0.2, -0.15) is 5.10 Å². The minimum absolute atomic E-state index is 0. The highest BCUT2D eigenvalue weighted by Gasteiger charge is 2.31. The molecule has 1 aliphatic heterocycles. The lowest BCUT2D eigenvalue weighted by Gasteiger charge is -2.35. The molecule has 1 aromatic heterocycles. The van der Waals surface area contributed by atoms with E-state index in [1.54, 1.807) is 13.8 Å². The number of hydrogen-bond acceptors (Lipinski definition) is 3. The first kappa shape index (κ1) is 20.2. The lowest BCUT2D eigenvalue weighted by molar-refractivity contribution is -0.136. The van der Waals surface area contributed by atoms with Gasteiger partial charge in [-0.05, 0) is 45.1 Å². The summed E-state index contributed by atoms with van der Waals surface area (Å²) in [7, 11) is 0. The van der Waals surface area contributed by atoms with Gasteiger partial charge < -0.3 is 10.6 Å². The van der Waals surface area contributed by atoms with Gasteiger partial charge in [0.15, 0.2) is 0 Å². The van der Waals surface area contributed by atoms with Crippen molar-refractivity contribution in [2.45, 2.75) is 51.6 Å². The third kappa shape index (κ3) is 4.87. The minimum Gasteiger partial charge on any atom is -0.341 e. The third-order valence-electron chi connectivity index (χ3n) is 3.78. The first-order valence-electron chi connectivity index (χ1n) is 7.02. The van der Waals surface area contributed by atoms with E-state index >= 15 is 0 Å². The molecule has 0 unspecified atom stereocenters. The van der Waals surface area contributed by atoms with E-state index in [2.05, 4.69) is 18.2 Å². The normalized spacial score (nSPS) is 16.1. The number of piperidine rings is 1. The number of halogens is 2. The Morgan fingerprint density at radius 1 is 1.38 bits per heavy atom. The highest BCUT2D eigenvalue weighted by atomic mass is 35.5. The Bertz CT molecular complexity index is 448. The fourth-order valence-electron chi connectivity index (χ4n) is 2.59. The van der Waals surface area contributed by atoms with Crippen LogP contribution in [0, 0.1) is 0 Å². The molecule has 0 spiro atoms. The van der Waals surface area contributed by atoms with Gasteiger partial charge in [-0.15, -0.1) is 24.8 Å². The van der Waals surface area contributed by atoms with Crippen molar-refractivity contribution in [1.29, 1.82) is 0 Å². The van der Waals surface area contributed by atoms with Crippen molar-refractivity contribution in [3.8, 4) is 0 Å². The van der Waals surface area contributed by atoms with Crippen LogP contribution in [-0.2, 0) is 11.3 Å². The molecule has 0 atom stereocenters. The molecular formula is C14H26Cl2N4O. The average Bonchev–Trinajstić information content (AvgIpc) is 2.86. The summed E-state index contributed by atoms with van der Waals surface area (Å²) in [5.41, 5.74) is 6.40. The van der Waals surface area contributed by atoms with Gasteiger partial charge in [-0.1, -0.05) is 0 Å². The van der Waals surface area contributed by atoms with Gasteiger partial charge in [0.05, 0.1) is 11.7 Å². The van der Waals surface area contributed by atoms with Gasteiger partial charge in [0, 0.05) is 25.8 Å². The molecule has 0 radical (unpaired) electrons. The smallest absolute Gasteiger partial charge is 0.242 e. The van der Waals surface area contributed by atoms with E-state index in [1.165, 1.54) is 5.56 Å². The molecule has 1 fully saturated rings. The third-order valence-corrected chi connectivity index (χ3v) is 3.78. The summed E-state index contributed by atoms with van der Waals surface area (Å²) in [4.78, 5) is 14.0. The molecule has 2 heterocycles. The molecule has 0 aliphatic carbocycles. The van der Waals surface area contributed by atoms with Crippen molar-refractivity contribution in [2.24, 2.45) is 5.73 Å². The van der Waals surface area contributed by atoms with E-state index in [0.29, 0.717) is 5.92 Å². The van der Waals surface area contributed by atoms with Crippen LogP contribution in [0.5, 0.6) is 0 Å². The van der Waals surface area contributed by atoms with Gasteiger partial charge in [0.2, 0.25) is 5.91 Å². The van der Waals surface area contributed by atoms with Gasteiger partial charge in [-0.25, -0.2) is 0 Å². The molecular weight excluding hydrogens is 311 g/mol. The van der Waals surface area contributed by atoms with Gasteiger partial charge >= 0.3 is 0 Å². The quantitative estimate of drug-likeness (QED) is 0.920. The zero-order valence-electron chi connectivity index (χ0n) is 12.9. The van der Waals surface area contributed by atoms with Gasteiger partial charge in [0.1, 0.15) is 0 Å². The number of aromatic nitrogens is 2. The van der Waals surface area contributed by atoms with Crippen molar-refractivity contribution < 1.29 is 4.79 Å². The van der Waals surface area contributed by atoms with E-state index in [-0.39, 0.29) is 30.7 Å². The van der Waals surface area contributed by atoms with Crippen LogP contribution in [0.4, 0.5) is 0 Å². The standard InChI is InChI=1S/C14H24N4O.2ClH/c1-4-18-10-12(9-16-18)11-5-7-17(8-6-11)13(19)14(2,3)15;;/h9-11H,4-8,15H2,1-3H3;2*1H. The second kappa shape index (κ2) is 8.01. The number of nitrogens with two attached hydrogens (primary N) is 1. The fourth-order valence-corrected chi connectivity index (χ4v) is 2.59. The summed E-state index contributed by atoms with van der Waals surface area (Å²) in [5.74, 6) is 0.570. The molecule has 1 aromatic rings. The lowest BCUT2D eigenvalue weighted by atomic mass is 9.90. The number of hydrogen-bond donors (Lipinski definition) is 1. The van der Waals surface area contributed by atoms with Crippen LogP contribution in [0.3, 0.4) is 0 Å². The predicted molar refractivity (Wildman–Crippen MR) is 89.2 cm³/mol. The van der Waals surface area contributed by atoms with Gasteiger partial charge in [0.25, 0.3) is 0 Å². The number of carbonyl (C=O) groups is 1. The van der Waals surface area contributed by atoms with Crippen LogP contribution >= 0.6 is 24.8 Å². The zero-order chi connectivity index (χ0) is 14.0. The second-order valence-corrected chi connectivity index (χ2v) is 5.92. The molecule has 21 heavy (non-hydrogen) atoms. The highest BCUT2D eigenvalue weighted by molar-refractivity contribution is 5.86. The van der Waals surface area contributed by atoms with E-state index in [0.717, 1.165) is 32.5 Å². The van der Waals surface area contributed by atoms with E-state index in [9.17, 15) is 4.79 Å². The van der Waals surface area contributed by atoms with E-state index in [4.69, 9.17) is 5.73 Å². The summed E-state index contributed by atoms with van der Waals surface area (Å²) in [6.07, 6.45) is 6.07. The Morgan fingerprint density at radius 2 is 1.95 bits per heavy atom. The lowest BCUT2D eigenvalue weighted by Crippen LogP contribution is -2.53. The maximum Gasteiger partial charge on any atom is 0.242 e. The van der Waals surface area contributed by atoms with Crippen LogP contribution in [-0.4, -0.2) is 39.2 Å². The van der Waals surface area contributed by atoms with Crippen LogP contribution in [0.25, 0.3) is 0 Å². The Labute approximate surface area is 139 Å². The fraction of sp³-hybridized carbons (Fsp3) is 0.714. The molecule has 5 nitrogen and oxygen atoms in total. The van der Waals surface area contributed by atoms with Crippen LogP contribution in [0.2, 0.25) is 0 Å². The van der Waals surface area contributed by atoms with Crippen LogP contribution in [0.15, 0.2) is 12.4 Å². The molecule has 7 heteroatoms. The summed E-state index contributed by atoms with van der Waals surface area (Å²) < 4.78 is 1.95. The van der Waals surface area contributed by atoms with Crippen LogP contribution in [0.1, 0.15) is 45.1 Å². The number of carbonyl (C=O) groups excluding carboxylic acids is 1. The summed E-state index contributed by atoms with van der Waals surface area (Å²) in [5, 5.41) is 4.32. The Balaban J connectivity index is 0.00000200. The molecule has 2 N–H and O–H groups in total. The largest absolute Gasteiger partial charge is 0.341 e. The van der Waals surface area contributed by atoms with Crippen LogP contribution < -0.4 is 5.73 Å². The monoisotopic (exact) mass is 336 g/mol. The molecule has 122 valence electrons. The highest BCUT2D eigenvalue weighted by Crippen LogP contribution is 2.28. The Kier molecular flexibility index (Phi) is 7.71. The molecule has 0 aromatic carbocycles. The molecule has 0 saturated carbocycles. The van der Waals surface area contributed by atoms with Crippen molar-refractivity contribution >= 4 is 30.7 Å². The first-order chi connectivity index (χ1) is 8.91. The van der Waals surface area contributed by atoms with Crippen molar-refractivity contribution in [3.05, 3.63) is 18.0 Å². The molecule has 1 aliphatic rings. The number of amides is 1. The summed E-state index contributed by atoms with van der Waals surface area (Å²) >= 11 is 0. The minimum atomic E-state index is -0.764. The van der Waals surface area contributed by atoms with Crippen molar-refractivity contribution in [2.75, 3.05) is 13.1 Å². The summed E-state index contributed by atoms with van der Waals surface area (Å²) in [6.45, 7) is 8.11. The maximum atomic E-state index is 12.1. The predicted octanol–water partition coefficient (Wildman–Crippen LogP) is 2.19. The zero-order valence-corrected chi connectivity index (χ0v) is 14.5. The summed E-state index contributed by atoms with van der Waals surface area (Å²) in [6, 6.07) is 0. The molecule has 0 bridgehead atoms.